The molecule has 2 aliphatic rings. The van der Waals surface area contributed by atoms with Gasteiger partial charge in [0.25, 0.3) is 0 Å². The van der Waals surface area contributed by atoms with Crippen molar-refractivity contribution in [2.24, 2.45) is 5.92 Å². The number of rotatable bonds is 4. The van der Waals surface area contributed by atoms with E-state index in [-0.39, 0.29) is 12.8 Å². The summed E-state index contributed by atoms with van der Waals surface area (Å²) in [6.45, 7) is 2.46. The first-order chi connectivity index (χ1) is 7.04. The Kier molecular flexibility index (Phi) is 2.94. The lowest BCUT2D eigenvalue weighted by Crippen LogP contribution is -2.45. The second kappa shape index (κ2) is 3.94. The monoisotopic (exact) mass is 222 g/mol. The maximum atomic E-state index is 12.5. The maximum absolute atomic E-state index is 12.5. The van der Waals surface area contributed by atoms with Gasteiger partial charge < -0.3 is 10.6 Å². The van der Waals surface area contributed by atoms with E-state index in [0.29, 0.717) is 12.5 Å². The van der Waals surface area contributed by atoms with Gasteiger partial charge in [0.1, 0.15) is 5.54 Å². The van der Waals surface area contributed by atoms with Crippen LogP contribution in [-0.4, -0.2) is 31.3 Å². The SMILES string of the molecule is FC(F)(F)C1(NCCC2CCNC2)CC1. The predicted molar refractivity (Wildman–Crippen MR) is 51.6 cm³/mol. The lowest BCUT2D eigenvalue weighted by atomic mass is 10.0. The number of nitrogens with one attached hydrogen (secondary N) is 2. The summed E-state index contributed by atoms with van der Waals surface area (Å²) >= 11 is 0. The average Bonchev–Trinajstić information content (AvgIpc) is 2.75. The van der Waals surface area contributed by atoms with Gasteiger partial charge in [0.15, 0.2) is 0 Å². The van der Waals surface area contributed by atoms with E-state index >= 15 is 0 Å². The highest BCUT2D eigenvalue weighted by Crippen LogP contribution is 2.48. The van der Waals surface area contributed by atoms with Crippen LogP contribution in [0.3, 0.4) is 0 Å². The van der Waals surface area contributed by atoms with Crippen LogP contribution < -0.4 is 10.6 Å². The normalized spacial score (nSPS) is 29.4. The smallest absolute Gasteiger partial charge is 0.316 e. The maximum Gasteiger partial charge on any atom is 0.406 e. The van der Waals surface area contributed by atoms with Crippen LogP contribution in [0.1, 0.15) is 25.7 Å². The molecule has 1 saturated heterocycles. The van der Waals surface area contributed by atoms with Crippen LogP contribution in [0.5, 0.6) is 0 Å². The van der Waals surface area contributed by atoms with Gasteiger partial charge >= 0.3 is 6.18 Å². The summed E-state index contributed by atoms with van der Waals surface area (Å²) in [5, 5.41) is 5.90. The number of halogens is 3. The molecule has 1 atom stereocenters. The fraction of sp³-hybridized carbons (Fsp3) is 1.00. The van der Waals surface area contributed by atoms with Crippen LogP contribution >= 0.6 is 0 Å². The molecule has 1 saturated carbocycles. The van der Waals surface area contributed by atoms with Gasteiger partial charge in [0.2, 0.25) is 0 Å². The quantitative estimate of drug-likeness (QED) is 0.756. The predicted octanol–water partition coefficient (Wildman–Crippen LogP) is 1.67. The first kappa shape index (κ1) is 11.2. The van der Waals surface area contributed by atoms with Crippen molar-refractivity contribution in [3.8, 4) is 0 Å². The Morgan fingerprint density at radius 3 is 2.53 bits per heavy atom. The van der Waals surface area contributed by atoms with Crippen molar-refractivity contribution in [2.75, 3.05) is 19.6 Å². The summed E-state index contributed by atoms with van der Waals surface area (Å²) in [5.74, 6) is 0.557. The van der Waals surface area contributed by atoms with Gasteiger partial charge in [-0.25, -0.2) is 0 Å². The van der Waals surface area contributed by atoms with E-state index in [9.17, 15) is 13.2 Å². The van der Waals surface area contributed by atoms with Crippen LogP contribution in [0.2, 0.25) is 0 Å². The molecule has 0 aromatic carbocycles. The van der Waals surface area contributed by atoms with E-state index in [1.54, 1.807) is 0 Å². The van der Waals surface area contributed by atoms with Gasteiger partial charge in [-0.3, -0.25) is 0 Å². The third kappa shape index (κ3) is 2.45. The van der Waals surface area contributed by atoms with Gasteiger partial charge in [-0.1, -0.05) is 0 Å². The molecule has 2 nitrogen and oxygen atoms in total. The van der Waals surface area contributed by atoms with E-state index in [4.69, 9.17) is 0 Å². The molecule has 0 spiro atoms. The Balaban J connectivity index is 1.69. The van der Waals surface area contributed by atoms with Crippen molar-refractivity contribution >= 4 is 0 Å². The zero-order chi connectivity index (χ0) is 10.9. The molecule has 15 heavy (non-hydrogen) atoms. The number of hydrogen-bond donors (Lipinski definition) is 2. The molecule has 88 valence electrons. The van der Waals surface area contributed by atoms with Crippen molar-refractivity contribution in [1.82, 2.24) is 10.6 Å². The Bertz CT molecular complexity index is 217. The van der Waals surface area contributed by atoms with Crippen LogP contribution in [0, 0.1) is 5.92 Å². The van der Waals surface area contributed by atoms with Crippen molar-refractivity contribution in [1.29, 1.82) is 0 Å². The highest BCUT2D eigenvalue weighted by molar-refractivity contribution is 5.07. The fourth-order valence-electron chi connectivity index (χ4n) is 2.16. The summed E-state index contributed by atoms with van der Waals surface area (Å²) in [4.78, 5) is 0. The Labute approximate surface area is 87.6 Å². The standard InChI is InChI=1S/C10H17F3N2/c11-10(12,13)9(3-4-9)15-6-2-8-1-5-14-7-8/h8,14-15H,1-7H2. The van der Waals surface area contributed by atoms with Gasteiger partial charge in [0.05, 0.1) is 0 Å². The lowest BCUT2D eigenvalue weighted by molar-refractivity contribution is -0.165. The van der Waals surface area contributed by atoms with E-state index in [1.165, 1.54) is 0 Å². The summed E-state index contributed by atoms with van der Waals surface area (Å²) in [5.41, 5.74) is -1.53. The molecule has 2 N–H and O–H groups in total. The third-order valence-electron chi connectivity index (χ3n) is 3.47. The van der Waals surface area contributed by atoms with Crippen LogP contribution in [0.25, 0.3) is 0 Å². The molecule has 0 bridgehead atoms. The Morgan fingerprint density at radius 1 is 1.33 bits per heavy atom. The molecular formula is C10H17F3N2. The molecule has 1 unspecified atom stereocenters. The van der Waals surface area contributed by atoms with Gasteiger partial charge in [-0.2, -0.15) is 13.2 Å². The second-order valence-electron chi connectivity index (χ2n) is 4.65. The zero-order valence-electron chi connectivity index (χ0n) is 8.66. The van der Waals surface area contributed by atoms with Crippen LogP contribution in [-0.2, 0) is 0 Å². The lowest BCUT2D eigenvalue weighted by Gasteiger charge is -2.21. The molecule has 1 aliphatic carbocycles. The minimum atomic E-state index is -4.07. The molecule has 0 radical (unpaired) electrons. The number of hydrogen-bond acceptors (Lipinski definition) is 2. The van der Waals surface area contributed by atoms with E-state index in [1.807, 2.05) is 0 Å². The van der Waals surface area contributed by atoms with Crippen LogP contribution in [0.4, 0.5) is 13.2 Å². The Morgan fingerprint density at radius 2 is 2.07 bits per heavy atom. The Hall–Kier alpha value is -0.290. The molecular weight excluding hydrogens is 205 g/mol. The third-order valence-corrected chi connectivity index (χ3v) is 3.47. The van der Waals surface area contributed by atoms with Crippen molar-refractivity contribution in [3.05, 3.63) is 0 Å². The molecule has 1 heterocycles. The second-order valence-corrected chi connectivity index (χ2v) is 4.65. The highest BCUT2D eigenvalue weighted by Gasteiger charge is 2.62. The molecule has 0 aromatic heterocycles. The van der Waals surface area contributed by atoms with Crippen molar-refractivity contribution < 1.29 is 13.2 Å². The van der Waals surface area contributed by atoms with E-state index in [2.05, 4.69) is 10.6 Å². The molecule has 5 heteroatoms. The van der Waals surface area contributed by atoms with E-state index < -0.39 is 11.7 Å². The highest BCUT2D eigenvalue weighted by atomic mass is 19.4. The summed E-state index contributed by atoms with van der Waals surface area (Å²) in [7, 11) is 0. The van der Waals surface area contributed by atoms with E-state index in [0.717, 1.165) is 25.9 Å². The molecule has 0 amide bonds. The molecule has 2 fully saturated rings. The van der Waals surface area contributed by atoms with Crippen molar-refractivity contribution in [3.63, 3.8) is 0 Å². The summed E-state index contributed by atoms with van der Waals surface area (Å²) in [6, 6.07) is 0. The fourth-order valence-corrected chi connectivity index (χ4v) is 2.16. The summed E-state index contributed by atoms with van der Waals surface area (Å²) < 4.78 is 37.6. The summed E-state index contributed by atoms with van der Waals surface area (Å²) in [6.07, 6.45) is -1.62. The minimum absolute atomic E-state index is 0.249. The molecule has 0 aromatic rings. The average molecular weight is 222 g/mol. The number of alkyl halides is 3. The van der Waals surface area contributed by atoms with Gasteiger partial charge in [0, 0.05) is 0 Å². The topological polar surface area (TPSA) is 24.1 Å². The van der Waals surface area contributed by atoms with Gasteiger partial charge in [-0.15, -0.1) is 0 Å². The van der Waals surface area contributed by atoms with Crippen molar-refractivity contribution in [2.45, 2.75) is 37.4 Å². The largest absolute Gasteiger partial charge is 0.406 e. The van der Waals surface area contributed by atoms with Gasteiger partial charge in [-0.05, 0) is 51.2 Å². The molecule has 1 aliphatic heterocycles. The minimum Gasteiger partial charge on any atom is -0.316 e. The molecule has 2 rings (SSSR count). The zero-order valence-corrected chi connectivity index (χ0v) is 8.66. The van der Waals surface area contributed by atoms with Crippen LogP contribution in [0.15, 0.2) is 0 Å². The first-order valence-corrected chi connectivity index (χ1v) is 5.56. The first-order valence-electron chi connectivity index (χ1n) is 5.56.